The molecule has 0 aliphatic rings. The Labute approximate surface area is 105 Å². The predicted molar refractivity (Wildman–Crippen MR) is 68.0 cm³/mol. The van der Waals surface area contributed by atoms with E-state index in [1.165, 1.54) is 6.07 Å². The number of rotatable bonds is 7. The van der Waals surface area contributed by atoms with Crippen LogP contribution in [0.1, 0.15) is 5.56 Å². The number of ether oxygens (including phenoxy) is 2. The highest BCUT2D eigenvalue weighted by Crippen LogP contribution is 2.26. The molecular formula is C11H15NO4S. The van der Waals surface area contributed by atoms with E-state index in [0.29, 0.717) is 36.9 Å². The van der Waals surface area contributed by atoms with E-state index in [1.54, 1.807) is 19.1 Å². The summed E-state index contributed by atoms with van der Waals surface area (Å²) >= 11 is 4.00. The second-order valence-corrected chi connectivity index (χ2v) is 3.79. The Hall–Kier alpha value is -1.27. The van der Waals surface area contributed by atoms with Crippen LogP contribution in [0.4, 0.5) is 5.69 Å². The van der Waals surface area contributed by atoms with E-state index in [-0.39, 0.29) is 5.69 Å². The zero-order valence-corrected chi connectivity index (χ0v) is 10.5. The molecule has 1 aromatic carbocycles. The standard InChI is InChI=1S/C11H15NO4S/c1-9-10(12(13)14)3-2-4-11(9)16-6-5-15-7-8-17/h2-4,17H,5-8H2,1H3. The van der Waals surface area contributed by atoms with Crippen molar-refractivity contribution in [1.29, 1.82) is 0 Å². The van der Waals surface area contributed by atoms with Crippen LogP contribution in [0, 0.1) is 17.0 Å². The topological polar surface area (TPSA) is 61.6 Å². The van der Waals surface area contributed by atoms with Crippen molar-refractivity contribution in [2.45, 2.75) is 6.92 Å². The van der Waals surface area contributed by atoms with Gasteiger partial charge in [-0.1, -0.05) is 6.07 Å². The third-order valence-electron chi connectivity index (χ3n) is 2.17. The van der Waals surface area contributed by atoms with E-state index in [2.05, 4.69) is 12.6 Å². The van der Waals surface area contributed by atoms with Crippen LogP contribution in [0.3, 0.4) is 0 Å². The Kier molecular flexibility index (Phi) is 5.79. The normalized spacial score (nSPS) is 10.2. The summed E-state index contributed by atoms with van der Waals surface area (Å²) in [5.74, 6) is 1.18. The van der Waals surface area contributed by atoms with Crippen LogP contribution in [0.15, 0.2) is 18.2 Å². The number of nitrogens with zero attached hydrogens (tertiary/aromatic N) is 1. The van der Waals surface area contributed by atoms with Gasteiger partial charge in [-0.15, -0.1) is 0 Å². The fraction of sp³-hybridized carbons (Fsp3) is 0.455. The fourth-order valence-corrected chi connectivity index (χ4v) is 1.46. The van der Waals surface area contributed by atoms with E-state index in [4.69, 9.17) is 9.47 Å². The van der Waals surface area contributed by atoms with Crippen molar-refractivity contribution in [3.63, 3.8) is 0 Å². The van der Waals surface area contributed by atoms with Crippen molar-refractivity contribution >= 4 is 18.3 Å². The molecule has 0 aliphatic carbocycles. The molecule has 0 heterocycles. The zero-order chi connectivity index (χ0) is 12.7. The lowest BCUT2D eigenvalue weighted by molar-refractivity contribution is -0.385. The van der Waals surface area contributed by atoms with Gasteiger partial charge in [0.2, 0.25) is 0 Å². The van der Waals surface area contributed by atoms with Crippen LogP contribution in [-0.2, 0) is 4.74 Å². The van der Waals surface area contributed by atoms with E-state index >= 15 is 0 Å². The van der Waals surface area contributed by atoms with Gasteiger partial charge in [0.05, 0.1) is 23.7 Å². The van der Waals surface area contributed by atoms with Crippen LogP contribution in [0.25, 0.3) is 0 Å². The van der Waals surface area contributed by atoms with Crippen LogP contribution in [0.2, 0.25) is 0 Å². The molecule has 0 aliphatic heterocycles. The van der Waals surface area contributed by atoms with Gasteiger partial charge in [-0.25, -0.2) is 0 Å². The van der Waals surface area contributed by atoms with Crippen molar-refractivity contribution in [1.82, 2.24) is 0 Å². The first-order valence-electron chi connectivity index (χ1n) is 5.22. The average Bonchev–Trinajstić information content (AvgIpc) is 2.30. The molecule has 0 bridgehead atoms. The first kappa shape index (κ1) is 13.8. The first-order valence-corrected chi connectivity index (χ1v) is 5.85. The highest BCUT2D eigenvalue weighted by molar-refractivity contribution is 7.80. The van der Waals surface area contributed by atoms with Crippen molar-refractivity contribution in [3.8, 4) is 5.75 Å². The number of benzene rings is 1. The summed E-state index contributed by atoms with van der Waals surface area (Å²) < 4.78 is 10.6. The molecule has 0 aromatic heterocycles. The summed E-state index contributed by atoms with van der Waals surface area (Å²) in [7, 11) is 0. The maximum Gasteiger partial charge on any atom is 0.276 e. The number of nitro benzene ring substituents is 1. The minimum atomic E-state index is -0.417. The first-order chi connectivity index (χ1) is 8.16. The molecule has 0 amide bonds. The van der Waals surface area contributed by atoms with Crippen molar-refractivity contribution in [2.24, 2.45) is 0 Å². The molecular weight excluding hydrogens is 242 g/mol. The number of nitro groups is 1. The molecule has 0 saturated heterocycles. The van der Waals surface area contributed by atoms with Gasteiger partial charge >= 0.3 is 0 Å². The quantitative estimate of drug-likeness (QED) is 0.352. The summed E-state index contributed by atoms with van der Waals surface area (Å²) in [5, 5.41) is 10.7. The minimum Gasteiger partial charge on any atom is -0.491 e. The fourth-order valence-electron chi connectivity index (χ4n) is 1.33. The SMILES string of the molecule is Cc1c(OCCOCCS)cccc1[N+](=O)[O-]. The summed E-state index contributed by atoms with van der Waals surface area (Å²) in [6.45, 7) is 3.06. The minimum absolute atomic E-state index is 0.0683. The third-order valence-corrected chi connectivity index (χ3v) is 2.36. The Balaban J connectivity index is 2.54. The number of hydrogen-bond acceptors (Lipinski definition) is 5. The lowest BCUT2D eigenvalue weighted by Crippen LogP contribution is -2.09. The third kappa shape index (κ3) is 4.24. The smallest absolute Gasteiger partial charge is 0.276 e. The Morgan fingerprint density at radius 3 is 2.76 bits per heavy atom. The number of thiol groups is 1. The van der Waals surface area contributed by atoms with Gasteiger partial charge in [0.15, 0.2) is 0 Å². The maximum atomic E-state index is 10.7. The Bertz CT molecular complexity index is 384. The molecule has 94 valence electrons. The highest BCUT2D eigenvalue weighted by Gasteiger charge is 2.13. The van der Waals surface area contributed by atoms with Crippen molar-refractivity contribution in [2.75, 3.05) is 25.6 Å². The zero-order valence-electron chi connectivity index (χ0n) is 9.59. The molecule has 0 radical (unpaired) electrons. The number of hydrogen-bond donors (Lipinski definition) is 1. The Morgan fingerprint density at radius 2 is 2.12 bits per heavy atom. The molecule has 0 atom stereocenters. The van der Waals surface area contributed by atoms with Gasteiger partial charge < -0.3 is 9.47 Å². The van der Waals surface area contributed by atoms with Crippen LogP contribution >= 0.6 is 12.6 Å². The van der Waals surface area contributed by atoms with Gasteiger partial charge in [0, 0.05) is 11.8 Å². The predicted octanol–water partition coefficient (Wildman–Crippen LogP) is 2.23. The van der Waals surface area contributed by atoms with E-state index in [0.717, 1.165) is 0 Å². The van der Waals surface area contributed by atoms with Gasteiger partial charge in [0.25, 0.3) is 5.69 Å². The van der Waals surface area contributed by atoms with Gasteiger partial charge in [-0.05, 0) is 13.0 Å². The van der Waals surface area contributed by atoms with Crippen LogP contribution in [-0.4, -0.2) is 30.5 Å². The lowest BCUT2D eigenvalue weighted by atomic mass is 10.2. The second-order valence-electron chi connectivity index (χ2n) is 3.34. The second kappa shape index (κ2) is 7.13. The average molecular weight is 257 g/mol. The van der Waals surface area contributed by atoms with Crippen molar-refractivity contribution < 1.29 is 14.4 Å². The van der Waals surface area contributed by atoms with Crippen LogP contribution in [0.5, 0.6) is 5.75 Å². The summed E-state index contributed by atoms with van der Waals surface area (Å²) in [5.41, 5.74) is 0.602. The van der Waals surface area contributed by atoms with Gasteiger partial charge in [0.1, 0.15) is 12.4 Å². The molecule has 0 fully saturated rings. The highest BCUT2D eigenvalue weighted by atomic mass is 32.1. The molecule has 17 heavy (non-hydrogen) atoms. The largest absolute Gasteiger partial charge is 0.491 e. The monoisotopic (exact) mass is 257 g/mol. The maximum absolute atomic E-state index is 10.7. The van der Waals surface area contributed by atoms with Crippen molar-refractivity contribution in [3.05, 3.63) is 33.9 Å². The Morgan fingerprint density at radius 1 is 1.35 bits per heavy atom. The summed E-state index contributed by atoms with van der Waals surface area (Å²) in [6.07, 6.45) is 0. The molecule has 0 unspecified atom stereocenters. The molecule has 0 spiro atoms. The van der Waals surface area contributed by atoms with E-state index in [9.17, 15) is 10.1 Å². The van der Waals surface area contributed by atoms with E-state index < -0.39 is 4.92 Å². The van der Waals surface area contributed by atoms with Gasteiger partial charge in [-0.2, -0.15) is 12.6 Å². The van der Waals surface area contributed by atoms with Gasteiger partial charge in [-0.3, -0.25) is 10.1 Å². The molecule has 0 saturated carbocycles. The van der Waals surface area contributed by atoms with Crippen LogP contribution < -0.4 is 4.74 Å². The molecule has 1 rings (SSSR count). The lowest BCUT2D eigenvalue weighted by Gasteiger charge is -2.09. The molecule has 0 N–H and O–H groups in total. The summed E-state index contributed by atoms with van der Waals surface area (Å²) in [6, 6.07) is 4.77. The molecule has 1 aromatic rings. The van der Waals surface area contributed by atoms with E-state index in [1.807, 2.05) is 0 Å². The summed E-state index contributed by atoms with van der Waals surface area (Å²) in [4.78, 5) is 10.3. The molecule has 6 heteroatoms. The molecule has 5 nitrogen and oxygen atoms in total.